The number of benzene rings is 1. The molecule has 92 valence electrons. The summed E-state index contributed by atoms with van der Waals surface area (Å²) in [5.41, 5.74) is 1.10. The van der Waals surface area contributed by atoms with Crippen LogP contribution < -0.4 is 5.56 Å². The molecule has 0 spiro atoms. The van der Waals surface area contributed by atoms with Crippen molar-refractivity contribution in [3.63, 3.8) is 0 Å². The molecule has 0 aliphatic rings. The zero-order valence-electron chi connectivity index (χ0n) is 10.1. The van der Waals surface area contributed by atoms with E-state index in [1.54, 1.807) is 24.3 Å². The summed E-state index contributed by atoms with van der Waals surface area (Å²) in [5.74, 6) is 0.507. The van der Waals surface area contributed by atoms with Crippen molar-refractivity contribution in [2.75, 3.05) is 0 Å². The van der Waals surface area contributed by atoms with E-state index in [-0.39, 0.29) is 12.0 Å². The third-order valence-electron chi connectivity index (χ3n) is 2.66. The first kappa shape index (κ1) is 12.5. The van der Waals surface area contributed by atoms with Crippen molar-refractivity contribution >= 4 is 0 Å². The Hall–Kier alpha value is -2.92. The zero-order valence-corrected chi connectivity index (χ0v) is 10.1. The van der Waals surface area contributed by atoms with E-state index in [9.17, 15) is 4.79 Å². The molecule has 0 saturated carbocycles. The number of hydrogen-bond acceptors (Lipinski definition) is 4. The second-order valence-corrected chi connectivity index (χ2v) is 3.86. The molecule has 0 unspecified atom stereocenters. The van der Waals surface area contributed by atoms with E-state index in [1.165, 1.54) is 16.8 Å². The molecule has 1 aromatic carbocycles. The van der Waals surface area contributed by atoms with Gasteiger partial charge in [0.05, 0.1) is 24.1 Å². The Morgan fingerprint density at radius 3 is 2.53 bits per heavy atom. The Morgan fingerprint density at radius 2 is 1.89 bits per heavy atom. The minimum atomic E-state index is -0.190. The highest BCUT2D eigenvalue weighted by Crippen LogP contribution is 2.16. The molecule has 2 rings (SSSR count). The van der Waals surface area contributed by atoms with Gasteiger partial charge in [0, 0.05) is 24.4 Å². The van der Waals surface area contributed by atoms with Gasteiger partial charge in [-0.2, -0.15) is 10.5 Å². The van der Waals surface area contributed by atoms with Crippen LogP contribution in [0, 0.1) is 22.7 Å². The van der Waals surface area contributed by atoms with Crippen molar-refractivity contribution in [2.45, 2.75) is 13.0 Å². The molecule has 1 aromatic heterocycles. The maximum Gasteiger partial charge on any atom is 0.253 e. The van der Waals surface area contributed by atoms with Crippen LogP contribution in [0.4, 0.5) is 0 Å². The van der Waals surface area contributed by atoms with E-state index in [4.69, 9.17) is 10.5 Å². The van der Waals surface area contributed by atoms with Crippen LogP contribution in [-0.4, -0.2) is 9.55 Å². The van der Waals surface area contributed by atoms with Gasteiger partial charge in [-0.3, -0.25) is 9.36 Å². The molecule has 5 nitrogen and oxygen atoms in total. The molecular formula is C14H10N4O. The van der Waals surface area contributed by atoms with Gasteiger partial charge in [0.1, 0.15) is 5.82 Å². The summed E-state index contributed by atoms with van der Waals surface area (Å²) in [5, 5.41) is 17.4. The molecule has 0 amide bonds. The number of nitriles is 2. The second-order valence-electron chi connectivity index (χ2n) is 3.86. The molecule has 19 heavy (non-hydrogen) atoms. The first-order chi connectivity index (χ1) is 9.26. The SMILES string of the molecule is N#CCCn1c(-c2ccc(C#N)cc2)nccc1=O. The van der Waals surface area contributed by atoms with Crippen molar-refractivity contribution in [1.29, 1.82) is 10.5 Å². The summed E-state index contributed by atoms with van der Waals surface area (Å²) in [6.45, 7) is 0.304. The predicted octanol–water partition coefficient (Wildman–Crippen LogP) is 1.70. The Kier molecular flexibility index (Phi) is 3.70. The maximum absolute atomic E-state index is 11.8. The van der Waals surface area contributed by atoms with Crippen molar-refractivity contribution in [1.82, 2.24) is 9.55 Å². The first-order valence-electron chi connectivity index (χ1n) is 5.69. The van der Waals surface area contributed by atoms with Crippen LogP contribution in [0.1, 0.15) is 12.0 Å². The third-order valence-corrected chi connectivity index (χ3v) is 2.66. The molecule has 0 radical (unpaired) electrons. The molecular weight excluding hydrogens is 240 g/mol. The largest absolute Gasteiger partial charge is 0.292 e. The lowest BCUT2D eigenvalue weighted by Crippen LogP contribution is -2.21. The maximum atomic E-state index is 11.8. The topological polar surface area (TPSA) is 82.5 Å². The van der Waals surface area contributed by atoms with Crippen molar-refractivity contribution in [2.24, 2.45) is 0 Å². The van der Waals surface area contributed by atoms with Gasteiger partial charge < -0.3 is 0 Å². The normalized spacial score (nSPS) is 9.58. The predicted molar refractivity (Wildman–Crippen MR) is 68.9 cm³/mol. The minimum absolute atomic E-state index is 0.190. The van der Waals surface area contributed by atoms with E-state index >= 15 is 0 Å². The van der Waals surface area contributed by atoms with Gasteiger partial charge in [-0.1, -0.05) is 0 Å². The molecule has 0 aliphatic heterocycles. The van der Waals surface area contributed by atoms with Gasteiger partial charge in [0.15, 0.2) is 0 Å². The molecule has 0 saturated heterocycles. The molecule has 0 fully saturated rings. The van der Waals surface area contributed by atoms with Crippen LogP contribution >= 0.6 is 0 Å². The Bertz CT molecular complexity index is 717. The molecule has 0 N–H and O–H groups in total. The van der Waals surface area contributed by atoms with E-state index in [1.807, 2.05) is 12.1 Å². The van der Waals surface area contributed by atoms with Crippen LogP contribution in [0.5, 0.6) is 0 Å². The van der Waals surface area contributed by atoms with Gasteiger partial charge in [-0.15, -0.1) is 0 Å². The minimum Gasteiger partial charge on any atom is -0.292 e. The van der Waals surface area contributed by atoms with Crippen LogP contribution in [0.2, 0.25) is 0 Å². The average molecular weight is 250 g/mol. The van der Waals surface area contributed by atoms with Crippen LogP contribution in [-0.2, 0) is 6.54 Å². The van der Waals surface area contributed by atoms with Crippen molar-refractivity contribution in [3.8, 4) is 23.5 Å². The van der Waals surface area contributed by atoms with Crippen LogP contribution in [0.3, 0.4) is 0 Å². The summed E-state index contributed by atoms with van der Waals surface area (Å²) in [7, 11) is 0. The lowest BCUT2D eigenvalue weighted by molar-refractivity contribution is 0.679. The highest BCUT2D eigenvalue weighted by atomic mass is 16.1. The summed E-state index contributed by atoms with van der Waals surface area (Å²) in [6, 6.07) is 12.2. The fourth-order valence-electron chi connectivity index (χ4n) is 1.74. The lowest BCUT2D eigenvalue weighted by atomic mass is 10.1. The number of rotatable bonds is 3. The average Bonchev–Trinajstić information content (AvgIpc) is 2.46. The number of hydrogen-bond donors (Lipinski definition) is 0. The van der Waals surface area contributed by atoms with E-state index in [0.29, 0.717) is 17.9 Å². The summed E-state index contributed by atoms with van der Waals surface area (Å²) < 4.78 is 1.46. The molecule has 0 bridgehead atoms. The summed E-state index contributed by atoms with van der Waals surface area (Å²) >= 11 is 0. The van der Waals surface area contributed by atoms with Gasteiger partial charge in [0.2, 0.25) is 0 Å². The van der Waals surface area contributed by atoms with Crippen LogP contribution in [0.25, 0.3) is 11.4 Å². The van der Waals surface area contributed by atoms with Gasteiger partial charge in [0.25, 0.3) is 5.56 Å². The molecule has 0 atom stereocenters. The van der Waals surface area contributed by atoms with E-state index in [2.05, 4.69) is 4.98 Å². The number of nitrogens with zero attached hydrogens (tertiary/aromatic N) is 4. The monoisotopic (exact) mass is 250 g/mol. The highest BCUT2D eigenvalue weighted by Gasteiger charge is 2.07. The van der Waals surface area contributed by atoms with Gasteiger partial charge >= 0.3 is 0 Å². The lowest BCUT2D eigenvalue weighted by Gasteiger charge is -2.09. The standard InChI is InChI=1S/C14H10N4O/c15-7-1-9-18-13(19)6-8-17-14(18)12-4-2-11(10-16)3-5-12/h2-6,8H,1,9H2. The molecule has 0 aliphatic carbocycles. The zero-order chi connectivity index (χ0) is 13.7. The van der Waals surface area contributed by atoms with Crippen molar-refractivity contribution in [3.05, 3.63) is 52.4 Å². The fourth-order valence-corrected chi connectivity index (χ4v) is 1.74. The molecule has 5 heteroatoms. The summed E-state index contributed by atoms with van der Waals surface area (Å²) in [4.78, 5) is 16.0. The molecule has 2 aromatic rings. The smallest absolute Gasteiger partial charge is 0.253 e. The quantitative estimate of drug-likeness (QED) is 0.830. The molecule has 1 heterocycles. The van der Waals surface area contributed by atoms with E-state index < -0.39 is 0 Å². The van der Waals surface area contributed by atoms with Crippen molar-refractivity contribution < 1.29 is 0 Å². The third kappa shape index (κ3) is 2.67. The Morgan fingerprint density at radius 1 is 1.16 bits per heavy atom. The number of aromatic nitrogens is 2. The first-order valence-corrected chi connectivity index (χ1v) is 5.69. The van der Waals surface area contributed by atoms with Gasteiger partial charge in [-0.05, 0) is 24.3 Å². The summed E-state index contributed by atoms with van der Waals surface area (Å²) in [6.07, 6.45) is 1.69. The second kappa shape index (κ2) is 5.61. The Labute approximate surface area is 110 Å². The highest BCUT2D eigenvalue weighted by molar-refractivity contribution is 5.56. The van der Waals surface area contributed by atoms with Gasteiger partial charge in [-0.25, -0.2) is 4.98 Å². The van der Waals surface area contributed by atoms with Crippen LogP contribution in [0.15, 0.2) is 41.3 Å². The van der Waals surface area contributed by atoms with E-state index in [0.717, 1.165) is 5.56 Å². The fraction of sp³-hybridized carbons (Fsp3) is 0.143. The Balaban J connectivity index is 2.49.